The zero-order valence-corrected chi connectivity index (χ0v) is 13.1. The van der Waals surface area contributed by atoms with Gasteiger partial charge < -0.3 is 5.11 Å². The molecule has 1 aromatic heterocycles. The van der Waals surface area contributed by atoms with Crippen molar-refractivity contribution in [3.05, 3.63) is 53.9 Å². The minimum absolute atomic E-state index is 0.368. The standard InChI is InChI=1S/C18H26N2O/c1-3-17(4-2)20-14-13-16(19-20)11-8-12-18(21)15-9-6-5-7-10-15/h5-7,9-10,13-14,17-18,21H,3-4,8,11-12H2,1-2H3. The number of hydrogen-bond acceptors (Lipinski definition) is 2. The van der Waals surface area contributed by atoms with Crippen molar-refractivity contribution in [2.75, 3.05) is 0 Å². The van der Waals surface area contributed by atoms with Gasteiger partial charge in [-0.25, -0.2) is 0 Å². The van der Waals surface area contributed by atoms with Crippen LogP contribution in [0.15, 0.2) is 42.6 Å². The molecule has 0 fully saturated rings. The first-order valence-corrected chi connectivity index (χ1v) is 8.01. The third-order valence-electron chi connectivity index (χ3n) is 4.08. The maximum atomic E-state index is 10.1. The molecule has 1 unspecified atom stereocenters. The highest BCUT2D eigenvalue weighted by Crippen LogP contribution is 2.19. The molecular weight excluding hydrogens is 260 g/mol. The van der Waals surface area contributed by atoms with Crippen LogP contribution in [0.1, 0.15) is 62.9 Å². The Balaban J connectivity index is 1.81. The molecule has 1 N–H and O–H groups in total. The lowest BCUT2D eigenvalue weighted by Crippen LogP contribution is -2.08. The fourth-order valence-corrected chi connectivity index (χ4v) is 2.70. The fourth-order valence-electron chi connectivity index (χ4n) is 2.70. The number of aliphatic hydroxyl groups is 1. The number of aromatic nitrogens is 2. The van der Waals surface area contributed by atoms with E-state index in [1.165, 1.54) is 0 Å². The predicted molar refractivity (Wildman–Crippen MR) is 86.2 cm³/mol. The summed E-state index contributed by atoms with van der Waals surface area (Å²) in [5.41, 5.74) is 2.13. The third kappa shape index (κ3) is 4.43. The number of hydrogen-bond donors (Lipinski definition) is 1. The Hall–Kier alpha value is -1.61. The van der Waals surface area contributed by atoms with Crippen LogP contribution in [0.25, 0.3) is 0 Å². The molecule has 0 amide bonds. The van der Waals surface area contributed by atoms with Gasteiger partial charge in [0.2, 0.25) is 0 Å². The van der Waals surface area contributed by atoms with Gasteiger partial charge in [-0.05, 0) is 43.7 Å². The lowest BCUT2D eigenvalue weighted by atomic mass is 10.0. The van der Waals surface area contributed by atoms with Crippen molar-refractivity contribution < 1.29 is 5.11 Å². The van der Waals surface area contributed by atoms with Crippen LogP contribution in [0.4, 0.5) is 0 Å². The molecule has 1 atom stereocenters. The van der Waals surface area contributed by atoms with Crippen molar-refractivity contribution in [1.29, 1.82) is 0 Å². The van der Waals surface area contributed by atoms with E-state index in [1.807, 2.05) is 30.3 Å². The topological polar surface area (TPSA) is 38.0 Å². The van der Waals surface area contributed by atoms with Gasteiger partial charge in [-0.2, -0.15) is 5.10 Å². The summed E-state index contributed by atoms with van der Waals surface area (Å²) < 4.78 is 2.09. The van der Waals surface area contributed by atoms with Gasteiger partial charge in [0, 0.05) is 6.20 Å². The van der Waals surface area contributed by atoms with Crippen molar-refractivity contribution >= 4 is 0 Å². The molecule has 0 aliphatic rings. The van der Waals surface area contributed by atoms with Crippen molar-refractivity contribution in [2.45, 2.75) is 58.1 Å². The maximum Gasteiger partial charge on any atom is 0.0790 e. The number of benzene rings is 1. The number of aryl methyl sites for hydroxylation is 1. The molecule has 2 aromatic rings. The van der Waals surface area contributed by atoms with Crippen LogP contribution in [0, 0.1) is 0 Å². The van der Waals surface area contributed by atoms with Gasteiger partial charge in [0.15, 0.2) is 0 Å². The van der Waals surface area contributed by atoms with Crippen molar-refractivity contribution in [2.24, 2.45) is 0 Å². The van der Waals surface area contributed by atoms with Crippen LogP contribution in [-0.4, -0.2) is 14.9 Å². The highest BCUT2D eigenvalue weighted by molar-refractivity contribution is 5.17. The van der Waals surface area contributed by atoms with Gasteiger partial charge in [0.1, 0.15) is 0 Å². The second-order valence-corrected chi connectivity index (χ2v) is 5.58. The molecule has 3 heteroatoms. The Morgan fingerprint density at radius 3 is 2.48 bits per heavy atom. The summed E-state index contributed by atoms with van der Waals surface area (Å²) in [7, 11) is 0. The summed E-state index contributed by atoms with van der Waals surface area (Å²) in [6.07, 6.45) is 6.61. The van der Waals surface area contributed by atoms with Crippen LogP contribution in [0.5, 0.6) is 0 Å². The first-order valence-electron chi connectivity index (χ1n) is 8.01. The first-order chi connectivity index (χ1) is 10.2. The van der Waals surface area contributed by atoms with Crippen molar-refractivity contribution in [1.82, 2.24) is 9.78 Å². The van der Waals surface area contributed by atoms with E-state index in [4.69, 9.17) is 0 Å². The van der Waals surface area contributed by atoms with E-state index in [2.05, 4.69) is 35.9 Å². The van der Waals surface area contributed by atoms with Crippen molar-refractivity contribution in [3.8, 4) is 0 Å². The average molecular weight is 286 g/mol. The molecule has 3 nitrogen and oxygen atoms in total. The SMILES string of the molecule is CCC(CC)n1ccc(CCCC(O)c2ccccc2)n1. The summed E-state index contributed by atoms with van der Waals surface area (Å²) in [6, 6.07) is 12.5. The van der Waals surface area contributed by atoms with Crippen LogP contribution >= 0.6 is 0 Å². The Kier molecular flexibility index (Phi) is 6.00. The average Bonchev–Trinajstić information content (AvgIpc) is 2.98. The Labute approximate surface area is 127 Å². The minimum Gasteiger partial charge on any atom is -0.388 e. The molecule has 0 aliphatic carbocycles. The summed E-state index contributed by atoms with van der Waals surface area (Å²) >= 11 is 0. The van der Waals surface area contributed by atoms with E-state index in [9.17, 15) is 5.11 Å². The first kappa shape index (κ1) is 15.8. The highest BCUT2D eigenvalue weighted by atomic mass is 16.3. The lowest BCUT2D eigenvalue weighted by molar-refractivity contribution is 0.164. The molecule has 114 valence electrons. The molecule has 0 spiro atoms. The monoisotopic (exact) mass is 286 g/mol. The molecule has 0 saturated carbocycles. The Morgan fingerprint density at radius 1 is 1.10 bits per heavy atom. The Bertz CT molecular complexity index is 517. The van der Waals surface area contributed by atoms with Gasteiger partial charge >= 0.3 is 0 Å². The molecule has 0 radical (unpaired) electrons. The Morgan fingerprint density at radius 2 is 1.81 bits per heavy atom. The molecule has 1 aromatic carbocycles. The van der Waals surface area contributed by atoms with E-state index < -0.39 is 0 Å². The summed E-state index contributed by atoms with van der Waals surface area (Å²) in [5.74, 6) is 0. The van der Waals surface area contributed by atoms with Gasteiger partial charge in [-0.1, -0.05) is 44.2 Å². The zero-order chi connectivity index (χ0) is 15.1. The quantitative estimate of drug-likeness (QED) is 0.785. The van der Waals surface area contributed by atoms with Crippen LogP contribution in [-0.2, 0) is 6.42 Å². The third-order valence-corrected chi connectivity index (χ3v) is 4.08. The minimum atomic E-state index is -0.368. The smallest absolute Gasteiger partial charge is 0.0790 e. The number of rotatable bonds is 8. The number of nitrogens with zero attached hydrogens (tertiary/aromatic N) is 2. The van der Waals surface area contributed by atoms with Crippen LogP contribution < -0.4 is 0 Å². The van der Waals surface area contributed by atoms with E-state index in [-0.39, 0.29) is 6.10 Å². The molecule has 2 rings (SSSR count). The molecule has 0 bridgehead atoms. The van der Waals surface area contributed by atoms with E-state index in [0.29, 0.717) is 6.04 Å². The second-order valence-electron chi connectivity index (χ2n) is 5.58. The normalized spacial score (nSPS) is 12.8. The summed E-state index contributed by atoms with van der Waals surface area (Å²) in [4.78, 5) is 0. The second kappa shape index (κ2) is 7.99. The van der Waals surface area contributed by atoms with Crippen molar-refractivity contribution in [3.63, 3.8) is 0 Å². The fraction of sp³-hybridized carbons (Fsp3) is 0.500. The summed E-state index contributed by atoms with van der Waals surface area (Å²) in [6.45, 7) is 4.40. The number of aliphatic hydroxyl groups excluding tert-OH is 1. The van der Waals surface area contributed by atoms with E-state index in [1.54, 1.807) is 0 Å². The molecule has 0 saturated heterocycles. The van der Waals surface area contributed by atoms with Gasteiger partial charge in [-0.15, -0.1) is 0 Å². The summed E-state index contributed by atoms with van der Waals surface area (Å²) in [5, 5.41) is 14.8. The van der Waals surface area contributed by atoms with Gasteiger partial charge in [-0.3, -0.25) is 4.68 Å². The van der Waals surface area contributed by atoms with Crippen LogP contribution in [0.2, 0.25) is 0 Å². The molecular formula is C18H26N2O. The maximum absolute atomic E-state index is 10.1. The van der Waals surface area contributed by atoms with Gasteiger partial charge in [0.05, 0.1) is 17.8 Å². The molecule has 0 aliphatic heterocycles. The molecule has 21 heavy (non-hydrogen) atoms. The largest absolute Gasteiger partial charge is 0.388 e. The zero-order valence-electron chi connectivity index (χ0n) is 13.1. The van der Waals surface area contributed by atoms with E-state index >= 15 is 0 Å². The van der Waals surface area contributed by atoms with Crippen LogP contribution in [0.3, 0.4) is 0 Å². The highest BCUT2D eigenvalue weighted by Gasteiger charge is 2.09. The molecule has 1 heterocycles. The lowest BCUT2D eigenvalue weighted by Gasteiger charge is -2.12. The van der Waals surface area contributed by atoms with E-state index in [0.717, 1.165) is 43.4 Å². The predicted octanol–water partition coefficient (Wildman–Crippen LogP) is 4.30. The van der Waals surface area contributed by atoms with Gasteiger partial charge in [0.25, 0.3) is 0 Å².